The number of carbonyl (C=O) groups is 1. The molecule has 0 radical (unpaired) electrons. The van der Waals surface area contributed by atoms with E-state index in [1.54, 1.807) is 4.31 Å². The summed E-state index contributed by atoms with van der Waals surface area (Å²) in [4.78, 5) is 17.9. The Bertz CT molecular complexity index is 1390. The fourth-order valence-corrected chi connectivity index (χ4v) is 7.16. The van der Waals surface area contributed by atoms with Crippen LogP contribution in [0.2, 0.25) is 0 Å². The van der Waals surface area contributed by atoms with Crippen LogP contribution in [0, 0.1) is 19.3 Å². The average molecular weight is 482 g/mol. The molecule has 1 unspecified atom stereocenters. The summed E-state index contributed by atoms with van der Waals surface area (Å²) in [5.41, 5.74) is 2.38. The molecular formula is C25H27N3O3S2. The van der Waals surface area contributed by atoms with Crippen molar-refractivity contribution in [3.63, 3.8) is 0 Å². The van der Waals surface area contributed by atoms with Gasteiger partial charge in [-0.15, -0.1) is 6.42 Å². The Morgan fingerprint density at radius 2 is 1.97 bits per heavy atom. The lowest BCUT2D eigenvalue weighted by Crippen LogP contribution is -2.43. The van der Waals surface area contributed by atoms with Gasteiger partial charge in [-0.1, -0.05) is 36.7 Å². The lowest BCUT2D eigenvalue weighted by atomic mass is 10.0. The van der Waals surface area contributed by atoms with E-state index in [-0.39, 0.29) is 10.9 Å². The topological polar surface area (TPSA) is 71.7 Å². The number of aryl methyl sites for hydroxylation is 1. The molecule has 0 N–H and O–H groups in total. The molecule has 0 aliphatic carbocycles. The van der Waals surface area contributed by atoms with Crippen LogP contribution in [0.4, 0.5) is 0 Å². The van der Waals surface area contributed by atoms with Gasteiger partial charge in [0.15, 0.2) is 4.80 Å². The Hall–Kier alpha value is -2.73. The zero-order chi connectivity index (χ0) is 23.6. The molecule has 33 heavy (non-hydrogen) atoms. The van der Waals surface area contributed by atoms with Gasteiger partial charge in [-0.05, 0) is 68.1 Å². The van der Waals surface area contributed by atoms with Gasteiger partial charge in [-0.25, -0.2) is 8.42 Å². The predicted octanol–water partition coefficient (Wildman–Crippen LogP) is 4.34. The van der Waals surface area contributed by atoms with Crippen LogP contribution >= 0.6 is 11.3 Å². The molecule has 1 aromatic heterocycles. The van der Waals surface area contributed by atoms with Crippen LogP contribution in [-0.4, -0.2) is 35.8 Å². The van der Waals surface area contributed by atoms with E-state index in [2.05, 4.69) is 10.9 Å². The van der Waals surface area contributed by atoms with Crippen molar-refractivity contribution in [1.29, 1.82) is 0 Å². The number of thiazole rings is 1. The van der Waals surface area contributed by atoms with Gasteiger partial charge in [0.25, 0.3) is 5.91 Å². The van der Waals surface area contributed by atoms with Crippen LogP contribution in [0.3, 0.4) is 0 Å². The molecule has 4 rings (SSSR count). The van der Waals surface area contributed by atoms with E-state index in [0.717, 1.165) is 41.5 Å². The van der Waals surface area contributed by atoms with Gasteiger partial charge in [-0.2, -0.15) is 9.30 Å². The lowest BCUT2D eigenvalue weighted by Gasteiger charge is -2.34. The number of carbonyl (C=O) groups excluding carboxylic acids is 1. The van der Waals surface area contributed by atoms with Gasteiger partial charge in [0.05, 0.1) is 21.7 Å². The number of sulfonamides is 1. The maximum atomic E-state index is 13.2. The van der Waals surface area contributed by atoms with Crippen molar-refractivity contribution in [3.8, 4) is 12.3 Å². The molecule has 172 valence electrons. The zero-order valence-electron chi connectivity index (χ0n) is 18.8. The summed E-state index contributed by atoms with van der Waals surface area (Å²) in [7, 11) is -3.59. The third-order valence-corrected chi connectivity index (χ3v) is 9.04. The highest BCUT2D eigenvalue weighted by Crippen LogP contribution is 2.27. The van der Waals surface area contributed by atoms with Crippen molar-refractivity contribution in [3.05, 3.63) is 58.4 Å². The highest BCUT2D eigenvalue weighted by Gasteiger charge is 2.32. The molecular weight excluding hydrogens is 454 g/mol. The monoisotopic (exact) mass is 481 g/mol. The number of rotatable bonds is 5. The van der Waals surface area contributed by atoms with Gasteiger partial charge < -0.3 is 4.57 Å². The molecule has 1 aliphatic heterocycles. The van der Waals surface area contributed by atoms with Crippen LogP contribution in [0.5, 0.6) is 0 Å². The second-order valence-electron chi connectivity index (χ2n) is 8.26. The van der Waals surface area contributed by atoms with Gasteiger partial charge in [0, 0.05) is 18.2 Å². The first-order chi connectivity index (χ1) is 15.8. The molecule has 0 saturated carbocycles. The second-order valence-corrected chi connectivity index (χ2v) is 11.2. The van der Waals surface area contributed by atoms with Crippen molar-refractivity contribution in [2.75, 3.05) is 6.54 Å². The number of aromatic nitrogens is 1. The van der Waals surface area contributed by atoms with E-state index in [9.17, 15) is 13.2 Å². The molecule has 1 amide bonds. The normalized spacial score (nSPS) is 17.8. The van der Waals surface area contributed by atoms with Crippen LogP contribution in [-0.2, 0) is 16.6 Å². The number of fused-ring (bicyclic) bond motifs is 1. The number of hydrogen-bond acceptors (Lipinski definition) is 4. The van der Waals surface area contributed by atoms with E-state index >= 15 is 0 Å². The minimum atomic E-state index is -3.59. The molecule has 1 atom stereocenters. The minimum Gasteiger partial charge on any atom is -0.305 e. The Balaban J connectivity index is 1.65. The maximum absolute atomic E-state index is 13.2. The summed E-state index contributed by atoms with van der Waals surface area (Å²) in [5, 5.41) is 0. The largest absolute Gasteiger partial charge is 0.305 e. The van der Waals surface area contributed by atoms with E-state index in [4.69, 9.17) is 6.42 Å². The molecule has 1 fully saturated rings. The SMILES string of the molecule is C#CCn1c(=NC(=O)c2ccc(S(=O)(=O)N3CCCCC3CC)cc2)sc2cc(C)ccc21. The lowest BCUT2D eigenvalue weighted by molar-refractivity contribution is 0.0997. The van der Waals surface area contributed by atoms with Crippen LogP contribution in [0.1, 0.15) is 48.5 Å². The predicted molar refractivity (Wildman–Crippen MR) is 132 cm³/mol. The Kier molecular flexibility index (Phi) is 6.84. The van der Waals surface area contributed by atoms with Crippen molar-refractivity contribution >= 4 is 37.5 Å². The first kappa shape index (κ1) is 23.4. The second kappa shape index (κ2) is 9.64. The smallest absolute Gasteiger partial charge is 0.279 e. The van der Waals surface area contributed by atoms with Crippen molar-refractivity contribution < 1.29 is 13.2 Å². The first-order valence-corrected chi connectivity index (χ1v) is 13.3. The fraction of sp³-hybridized carbons (Fsp3) is 0.360. The Labute approximate surface area is 198 Å². The van der Waals surface area contributed by atoms with Crippen LogP contribution in [0.15, 0.2) is 52.4 Å². The van der Waals surface area contributed by atoms with Gasteiger partial charge in [0.1, 0.15) is 0 Å². The van der Waals surface area contributed by atoms with E-state index in [0.29, 0.717) is 23.5 Å². The summed E-state index contributed by atoms with van der Waals surface area (Å²) in [5.74, 6) is 2.19. The van der Waals surface area contributed by atoms with Gasteiger partial charge in [0.2, 0.25) is 10.0 Å². The number of nitrogens with zero attached hydrogens (tertiary/aromatic N) is 3. The van der Waals surface area contributed by atoms with Crippen molar-refractivity contribution in [2.45, 2.75) is 57.0 Å². The first-order valence-electron chi connectivity index (χ1n) is 11.1. The highest BCUT2D eigenvalue weighted by atomic mass is 32.2. The zero-order valence-corrected chi connectivity index (χ0v) is 20.5. The molecule has 2 aromatic carbocycles. The number of piperidine rings is 1. The van der Waals surface area contributed by atoms with Crippen molar-refractivity contribution in [1.82, 2.24) is 8.87 Å². The van der Waals surface area contributed by atoms with Crippen LogP contribution < -0.4 is 4.80 Å². The Morgan fingerprint density at radius 3 is 2.67 bits per heavy atom. The number of amides is 1. The third kappa shape index (κ3) is 4.67. The summed E-state index contributed by atoms with van der Waals surface area (Å²) in [6, 6.07) is 12.1. The average Bonchev–Trinajstić information content (AvgIpc) is 3.15. The number of benzene rings is 2. The van der Waals surface area contributed by atoms with E-state index in [1.165, 1.54) is 35.6 Å². The number of terminal acetylenes is 1. The molecule has 0 spiro atoms. The third-order valence-electron chi connectivity index (χ3n) is 6.04. The summed E-state index contributed by atoms with van der Waals surface area (Å²) in [6.45, 7) is 4.87. The number of hydrogen-bond donors (Lipinski definition) is 0. The maximum Gasteiger partial charge on any atom is 0.279 e. The molecule has 8 heteroatoms. The fourth-order valence-electron chi connectivity index (χ4n) is 4.26. The van der Waals surface area contributed by atoms with E-state index < -0.39 is 15.9 Å². The standard InChI is InChI=1S/C25H27N3O3S2/c1-4-15-27-22-14-9-18(3)17-23(22)32-25(27)26-24(29)19-10-12-21(13-11-19)33(30,31)28-16-7-6-8-20(28)5-2/h1,9-14,17,20H,5-8,15-16H2,2-3H3. The molecule has 6 nitrogen and oxygen atoms in total. The van der Waals surface area contributed by atoms with Crippen LogP contribution in [0.25, 0.3) is 10.2 Å². The van der Waals surface area contributed by atoms with Gasteiger partial charge in [-0.3, -0.25) is 4.79 Å². The van der Waals surface area contributed by atoms with Crippen molar-refractivity contribution in [2.24, 2.45) is 4.99 Å². The minimum absolute atomic E-state index is 0.0308. The van der Waals surface area contributed by atoms with E-state index in [1.807, 2.05) is 36.6 Å². The summed E-state index contributed by atoms with van der Waals surface area (Å²) >= 11 is 1.41. The molecule has 3 aromatic rings. The molecule has 1 saturated heterocycles. The summed E-state index contributed by atoms with van der Waals surface area (Å²) in [6.07, 6.45) is 9.14. The van der Waals surface area contributed by atoms with Gasteiger partial charge >= 0.3 is 0 Å². The molecule has 1 aliphatic rings. The summed E-state index contributed by atoms with van der Waals surface area (Å²) < 4.78 is 30.8. The molecule has 0 bridgehead atoms. The molecule has 2 heterocycles. The highest BCUT2D eigenvalue weighted by molar-refractivity contribution is 7.89. The Morgan fingerprint density at radius 1 is 1.21 bits per heavy atom. The quantitative estimate of drug-likeness (QED) is 0.509.